The van der Waals surface area contributed by atoms with Gasteiger partial charge in [-0.1, -0.05) is 25.1 Å². The molecule has 0 aliphatic heterocycles. The van der Waals surface area contributed by atoms with Crippen molar-refractivity contribution < 1.29 is 9.53 Å². The van der Waals surface area contributed by atoms with Crippen LogP contribution in [0.5, 0.6) is 0 Å². The lowest BCUT2D eigenvalue weighted by Gasteiger charge is -2.16. The van der Waals surface area contributed by atoms with Crippen molar-refractivity contribution in [2.75, 3.05) is 6.61 Å². The first-order valence-corrected chi connectivity index (χ1v) is 7.84. The van der Waals surface area contributed by atoms with Crippen molar-refractivity contribution in [1.82, 2.24) is 19.3 Å². The third-order valence-electron chi connectivity index (χ3n) is 3.80. The van der Waals surface area contributed by atoms with Crippen LogP contribution < -0.4 is 5.56 Å². The molecule has 2 aromatic heterocycles. The van der Waals surface area contributed by atoms with E-state index in [0.717, 1.165) is 5.69 Å². The maximum atomic E-state index is 12.7. The van der Waals surface area contributed by atoms with E-state index in [1.165, 1.54) is 17.1 Å². The standard InChI is InChI=1S/C17H18N4O3/c1-3-14(17(23)24-4-2)20-11-18-15-13(16(20)22)10-19-21(15)12-8-6-5-7-9-12/h5-11,14H,3-4H2,1-2H3. The maximum absolute atomic E-state index is 12.7. The average molecular weight is 326 g/mol. The van der Waals surface area contributed by atoms with Crippen molar-refractivity contribution >= 4 is 17.0 Å². The lowest BCUT2D eigenvalue weighted by atomic mass is 10.2. The molecule has 0 radical (unpaired) electrons. The highest BCUT2D eigenvalue weighted by atomic mass is 16.5. The SMILES string of the molecule is CCOC(=O)C(CC)n1cnc2c(cnn2-c2ccccc2)c1=O. The summed E-state index contributed by atoms with van der Waals surface area (Å²) in [6.45, 7) is 3.83. The minimum atomic E-state index is -0.686. The van der Waals surface area contributed by atoms with Gasteiger partial charge in [-0.2, -0.15) is 5.10 Å². The first kappa shape index (κ1) is 15.9. The predicted octanol–water partition coefficient (Wildman–Crippen LogP) is 2.10. The molecule has 0 fully saturated rings. The number of carbonyl (C=O) groups is 1. The van der Waals surface area contributed by atoms with Crippen LogP contribution in [0, 0.1) is 0 Å². The normalized spacial score (nSPS) is 12.2. The van der Waals surface area contributed by atoms with E-state index in [9.17, 15) is 9.59 Å². The van der Waals surface area contributed by atoms with E-state index in [1.54, 1.807) is 11.6 Å². The molecule has 0 bridgehead atoms. The number of fused-ring (bicyclic) bond motifs is 1. The number of rotatable bonds is 5. The van der Waals surface area contributed by atoms with Gasteiger partial charge in [-0.25, -0.2) is 14.5 Å². The molecule has 0 saturated carbocycles. The molecular formula is C17H18N4O3. The van der Waals surface area contributed by atoms with Crippen molar-refractivity contribution in [3.63, 3.8) is 0 Å². The monoisotopic (exact) mass is 326 g/mol. The lowest BCUT2D eigenvalue weighted by Crippen LogP contribution is -2.31. The van der Waals surface area contributed by atoms with E-state index in [2.05, 4.69) is 10.1 Å². The van der Waals surface area contributed by atoms with E-state index in [1.807, 2.05) is 37.3 Å². The molecule has 1 unspecified atom stereocenters. The van der Waals surface area contributed by atoms with Crippen molar-refractivity contribution in [2.45, 2.75) is 26.3 Å². The second-order valence-corrected chi connectivity index (χ2v) is 5.26. The molecule has 3 aromatic rings. The Bertz CT molecular complexity index is 914. The fraction of sp³-hybridized carbons (Fsp3) is 0.294. The average Bonchev–Trinajstić information content (AvgIpc) is 3.03. The van der Waals surface area contributed by atoms with Gasteiger partial charge in [0.15, 0.2) is 5.65 Å². The zero-order valence-corrected chi connectivity index (χ0v) is 13.5. The van der Waals surface area contributed by atoms with Crippen molar-refractivity contribution in [3.05, 3.63) is 53.2 Å². The number of benzene rings is 1. The van der Waals surface area contributed by atoms with Gasteiger partial charge in [0.25, 0.3) is 5.56 Å². The predicted molar refractivity (Wildman–Crippen MR) is 89.1 cm³/mol. The molecule has 124 valence electrons. The Balaban J connectivity index is 2.10. The highest BCUT2D eigenvalue weighted by Gasteiger charge is 2.23. The Labute approximate surface area is 138 Å². The van der Waals surface area contributed by atoms with E-state index >= 15 is 0 Å². The van der Waals surface area contributed by atoms with Gasteiger partial charge in [0, 0.05) is 0 Å². The fourth-order valence-electron chi connectivity index (χ4n) is 2.62. The molecule has 24 heavy (non-hydrogen) atoms. The number of nitrogens with zero attached hydrogens (tertiary/aromatic N) is 4. The molecule has 0 N–H and O–H groups in total. The second-order valence-electron chi connectivity index (χ2n) is 5.26. The van der Waals surface area contributed by atoms with Crippen LogP contribution in [0.15, 0.2) is 47.7 Å². The summed E-state index contributed by atoms with van der Waals surface area (Å²) in [4.78, 5) is 29.1. The highest BCUT2D eigenvalue weighted by molar-refractivity contribution is 5.77. The molecule has 0 saturated heterocycles. The number of aromatic nitrogens is 4. The Kier molecular flexibility index (Phi) is 4.41. The summed E-state index contributed by atoms with van der Waals surface area (Å²) in [5, 5.41) is 4.62. The first-order valence-electron chi connectivity index (χ1n) is 7.84. The van der Waals surface area contributed by atoms with Crippen molar-refractivity contribution in [3.8, 4) is 5.69 Å². The minimum Gasteiger partial charge on any atom is -0.464 e. The second kappa shape index (κ2) is 6.66. The first-order chi connectivity index (χ1) is 11.7. The molecule has 0 aliphatic carbocycles. The largest absolute Gasteiger partial charge is 0.464 e. The van der Waals surface area contributed by atoms with Gasteiger partial charge in [0.1, 0.15) is 17.8 Å². The summed E-state index contributed by atoms with van der Waals surface area (Å²) in [5.41, 5.74) is 0.970. The van der Waals surface area contributed by atoms with Crippen LogP contribution in [0.1, 0.15) is 26.3 Å². The van der Waals surface area contributed by atoms with Crippen LogP contribution in [-0.2, 0) is 9.53 Å². The summed E-state index contributed by atoms with van der Waals surface area (Å²) in [6.07, 6.45) is 3.31. The summed E-state index contributed by atoms with van der Waals surface area (Å²) in [7, 11) is 0. The van der Waals surface area contributed by atoms with Crippen LogP contribution in [0.3, 0.4) is 0 Å². The Hall–Kier alpha value is -2.96. The molecular weight excluding hydrogens is 308 g/mol. The molecule has 1 atom stereocenters. The summed E-state index contributed by atoms with van der Waals surface area (Å²) in [5.74, 6) is -0.432. The van der Waals surface area contributed by atoms with Gasteiger partial charge in [-0.15, -0.1) is 0 Å². The Morgan fingerprint density at radius 2 is 2.00 bits per heavy atom. The Morgan fingerprint density at radius 1 is 1.25 bits per heavy atom. The number of hydrogen-bond donors (Lipinski definition) is 0. The zero-order chi connectivity index (χ0) is 17.1. The third-order valence-corrected chi connectivity index (χ3v) is 3.80. The summed E-state index contributed by atoms with van der Waals surface area (Å²) in [6, 6.07) is 8.76. The van der Waals surface area contributed by atoms with Gasteiger partial charge >= 0.3 is 5.97 Å². The molecule has 0 spiro atoms. The van der Waals surface area contributed by atoms with Gasteiger partial charge in [-0.05, 0) is 25.5 Å². The number of ether oxygens (including phenoxy) is 1. The molecule has 2 heterocycles. The van der Waals surface area contributed by atoms with E-state index in [0.29, 0.717) is 17.5 Å². The van der Waals surface area contributed by atoms with Crippen molar-refractivity contribution in [1.29, 1.82) is 0 Å². The highest BCUT2D eigenvalue weighted by Crippen LogP contribution is 2.16. The van der Waals surface area contributed by atoms with Crippen LogP contribution in [0.4, 0.5) is 0 Å². The van der Waals surface area contributed by atoms with Crippen LogP contribution >= 0.6 is 0 Å². The number of hydrogen-bond acceptors (Lipinski definition) is 5. The van der Waals surface area contributed by atoms with Crippen molar-refractivity contribution in [2.24, 2.45) is 0 Å². The van der Waals surface area contributed by atoms with Gasteiger partial charge in [0.05, 0.1) is 18.5 Å². The molecule has 1 aromatic carbocycles. The number of carbonyl (C=O) groups excluding carboxylic acids is 1. The minimum absolute atomic E-state index is 0.270. The molecule has 0 amide bonds. The van der Waals surface area contributed by atoms with Gasteiger partial charge in [-0.3, -0.25) is 9.36 Å². The molecule has 7 heteroatoms. The van der Waals surface area contributed by atoms with Crippen LogP contribution in [0.25, 0.3) is 16.7 Å². The van der Waals surface area contributed by atoms with Crippen LogP contribution in [-0.4, -0.2) is 31.9 Å². The molecule has 0 aliphatic rings. The summed E-state index contributed by atoms with van der Waals surface area (Å²) >= 11 is 0. The smallest absolute Gasteiger partial charge is 0.329 e. The van der Waals surface area contributed by atoms with E-state index in [4.69, 9.17) is 4.74 Å². The third kappa shape index (κ3) is 2.68. The number of para-hydroxylation sites is 1. The van der Waals surface area contributed by atoms with Crippen LogP contribution in [0.2, 0.25) is 0 Å². The molecule has 7 nitrogen and oxygen atoms in total. The number of esters is 1. The molecule has 3 rings (SSSR count). The van der Waals surface area contributed by atoms with Gasteiger partial charge in [0.2, 0.25) is 0 Å². The lowest BCUT2D eigenvalue weighted by molar-refractivity contribution is -0.147. The van der Waals surface area contributed by atoms with E-state index < -0.39 is 12.0 Å². The quantitative estimate of drug-likeness (QED) is 0.671. The Morgan fingerprint density at radius 3 is 2.67 bits per heavy atom. The summed E-state index contributed by atoms with van der Waals surface area (Å²) < 4.78 is 7.96. The zero-order valence-electron chi connectivity index (χ0n) is 13.5. The van der Waals surface area contributed by atoms with Gasteiger partial charge < -0.3 is 4.74 Å². The van der Waals surface area contributed by atoms with E-state index in [-0.39, 0.29) is 12.2 Å². The fourth-order valence-corrected chi connectivity index (χ4v) is 2.62. The maximum Gasteiger partial charge on any atom is 0.329 e. The topological polar surface area (TPSA) is 79.0 Å².